The molecular formula is C17H25N3O2S2. The van der Waals surface area contributed by atoms with Crippen LogP contribution in [0, 0.1) is 0 Å². The minimum atomic E-state index is 0.157. The smallest absolute Gasteiger partial charge is 0.227 e. The largest absolute Gasteiger partial charge is 0.378 e. The molecule has 0 bridgehead atoms. The maximum absolute atomic E-state index is 12.2. The zero-order chi connectivity index (χ0) is 17.2. The number of carbonyl (C=O) groups is 1. The van der Waals surface area contributed by atoms with Crippen LogP contribution in [0.25, 0.3) is 0 Å². The Kier molecular flexibility index (Phi) is 8.35. The molecule has 1 aromatic rings. The van der Waals surface area contributed by atoms with Gasteiger partial charge in [0.1, 0.15) is 0 Å². The van der Waals surface area contributed by atoms with E-state index >= 15 is 0 Å². The molecule has 0 aliphatic carbocycles. The molecule has 0 aromatic heterocycles. The molecule has 2 N–H and O–H groups in total. The molecule has 1 heterocycles. The van der Waals surface area contributed by atoms with Crippen LogP contribution in [-0.2, 0) is 16.0 Å². The fourth-order valence-electron chi connectivity index (χ4n) is 2.40. The number of nitrogens with zero attached hydrogens (tertiary/aromatic N) is 1. The number of amides is 1. The maximum Gasteiger partial charge on any atom is 0.227 e. The molecule has 1 fully saturated rings. The quantitative estimate of drug-likeness (QED) is 0.569. The highest BCUT2D eigenvalue weighted by Crippen LogP contribution is 2.11. The second kappa shape index (κ2) is 10.5. The van der Waals surface area contributed by atoms with E-state index in [1.165, 1.54) is 0 Å². The van der Waals surface area contributed by atoms with Crippen molar-refractivity contribution in [1.82, 2.24) is 10.2 Å². The first-order chi connectivity index (χ1) is 11.7. The molecule has 2 rings (SSSR count). The summed E-state index contributed by atoms with van der Waals surface area (Å²) in [6.07, 6.45) is 3.62. The number of carbonyl (C=O) groups excluding carboxylic acids is 1. The molecule has 0 spiro atoms. The van der Waals surface area contributed by atoms with E-state index in [-0.39, 0.29) is 5.91 Å². The van der Waals surface area contributed by atoms with Gasteiger partial charge in [0.2, 0.25) is 5.91 Å². The first kappa shape index (κ1) is 19.0. The molecule has 1 aliphatic heterocycles. The minimum absolute atomic E-state index is 0.157. The zero-order valence-electron chi connectivity index (χ0n) is 14.0. The van der Waals surface area contributed by atoms with Crippen LogP contribution in [-0.4, -0.2) is 60.8 Å². The van der Waals surface area contributed by atoms with Gasteiger partial charge in [0.25, 0.3) is 0 Å². The molecule has 0 radical (unpaired) electrons. The molecule has 1 aliphatic rings. The Bertz CT molecular complexity index is 531. The van der Waals surface area contributed by atoms with Crippen molar-refractivity contribution in [3.8, 4) is 0 Å². The molecule has 7 heteroatoms. The van der Waals surface area contributed by atoms with E-state index in [1.807, 2.05) is 40.9 Å². The fraction of sp³-hybridized carbons (Fsp3) is 0.529. The highest BCUT2D eigenvalue weighted by atomic mass is 32.2. The highest BCUT2D eigenvalue weighted by Gasteiger charge is 2.16. The fourth-order valence-corrected chi connectivity index (χ4v) is 3.05. The summed E-state index contributed by atoms with van der Waals surface area (Å²) < 4.78 is 5.27. The van der Waals surface area contributed by atoms with Gasteiger partial charge in [-0.1, -0.05) is 12.1 Å². The lowest BCUT2D eigenvalue weighted by Gasteiger charge is -2.26. The summed E-state index contributed by atoms with van der Waals surface area (Å²) >= 11 is 7.10. The van der Waals surface area contributed by atoms with E-state index in [0.717, 1.165) is 30.0 Å². The topological polar surface area (TPSA) is 53.6 Å². The normalized spacial score (nSPS) is 14.3. The number of nitrogens with one attached hydrogen (secondary N) is 2. The van der Waals surface area contributed by atoms with Crippen molar-refractivity contribution in [2.24, 2.45) is 0 Å². The first-order valence-electron chi connectivity index (χ1n) is 8.17. The predicted octanol–water partition coefficient (Wildman–Crippen LogP) is 2.13. The van der Waals surface area contributed by atoms with Gasteiger partial charge in [0.05, 0.1) is 19.6 Å². The molecular weight excluding hydrogens is 342 g/mol. The van der Waals surface area contributed by atoms with Crippen molar-refractivity contribution in [2.75, 3.05) is 50.2 Å². The van der Waals surface area contributed by atoms with Gasteiger partial charge in [-0.3, -0.25) is 4.79 Å². The van der Waals surface area contributed by atoms with Gasteiger partial charge in [-0.15, -0.1) is 0 Å². The van der Waals surface area contributed by atoms with Crippen molar-refractivity contribution >= 4 is 40.7 Å². The number of morpholine rings is 1. The average Bonchev–Trinajstić information content (AvgIpc) is 2.61. The lowest BCUT2D eigenvalue weighted by molar-refractivity contribution is -0.134. The van der Waals surface area contributed by atoms with Gasteiger partial charge in [-0.2, -0.15) is 11.8 Å². The van der Waals surface area contributed by atoms with Crippen LogP contribution in [0.2, 0.25) is 0 Å². The van der Waals surface area contributed by atoms with Crippen LogP contribution in [0.5, 0.6) is 0 Å². The van der Waals surface area contributed by atoms with E-state index in [4.69, 9.17) is 17.0 Å². The lowest BCUT2D eigenvalue weighted by Crippen LogP contribution is -2.41. The Hall–Kier alpha value is -1.31. The summed E-state index contributed by atoms with van der Waals surface area (Å²) in [7, 11) is 0. The van der Waals surface area contributed by atoms with Crippen molar-refractivity contribution in [1.29, 1.82) is 0 Å². The monoisotopic (exact) mass is 367 g/mol. The molecule has 0 saturated carbocycles. The highest BCUT2D eigenvalue weighted by molar-refractivity contribution is 7.98. The third-order valence-electron chi connectivity index (χ3n) is 3.74. The number of hydrogen-bond donors (Lipinski definition) is 2. The van der Waals surface area contributed by atoms with Crippen LogP contribution in [0.15, 0.2) is 24.3 Å². The maximum atomic E-state index is 12.2. The molecule has 1 aromatic carbocycles. The third kappa shape index (κ3) is 6.67. The summed E-state index contributed by atoms with van der Waals surface area (Å²) in [5.41, 5.74) is 1.94. The minimum Gasteiger partial charge on any atom is -0.378 e. The molecule has 132 valence electrons. The molecule has 1 amide bonds. The van der Waals surface area contributed by atoms with Crippen molar-refractivity contribution < 1.29 is 9.53 Å². The number of thiocarbonyl (C=S) groups is 1. The second-order valence-corrected chi connectivity index (χ2v) is 6.99. The molecule has 24 heavy (non-hydrogen) atoms. The number of ether oxygens (including phenoxy) is 1. The number of rotatable bonds is 7. The van der Waals surface area contributed by atoms with Crippen LogP contribution >= 0.6 is 24.0 Å². The summed E-state index contributed by atoms with van der Waals surface area (Å²) in [5, 5.41) is 6.99. The molecule has 5 nitrogen and oxygen atoms in total. The van der Waals surface area contributed by atoms with E-state index < -0.39 is 0 Å². The second-order valence-electron chi connectivity index (χ2n) is 5.59. The van der Waals surface area contributed by atoms with Crippen LogP contribution in [0.4, 0.5) is 5.69 Å². The molecule has 1 saturated heterocycles. The Labute approximate surface area is 153 Å². The van der Waals surface area contributed by atoms with Gasteiger partial charge < -0.3 is 20.3 Å². The van der Waals surface area contributed by atoms with Gasteiger partial charge in [0.15, 0.2) is 5.11 Å². The summed E-state index contributed by atoms with van der Waals surface area (Å²) in [5.74, 6) is 1.28. The average molecular weight is 368 g/mol. The third-order valence-corrected chi connectivity index (χ3v) is 4.69. The van der Waals surface area contributed by atoms with Crippen LogP contribution in [0.1, 0.15) is 12.0 Å². The SMILES string of the molecule is CSCCCNC(=S)Nc1ccc(CC(=O)N2CCOCC2)cc1. The predicted molar refractivity (Wildman–Crippen MR) is 105 cm³/mol. The van der Waals surface area contributed by atoms with Gasteiger partial charge in [-0.05, 0) is 48.3 Å². The van der Waals surface area contributed by atoms with Crippen LogP contribution in [0.3, 0.4) is 0 Å². The Morgan fingerprint density at radius 3 is 2.67 bits per heavy atom. The number of anilines is 1. The van der Waals surface area contributed by atoms with Gasteiger partial charge >= 0.3 is 0 Å². The van der Waals surface area contributed by atoms with Crippen molar-refractivity contribution in [3.63, 3.8) is 0 Å². The standard InChI is InChI=1S/C17H25N3O2S2/c1-24-12-2-7-18-17(23)19-15-5-3-14(4-6-15)13-16(21)20-8-10-22-11-9-20/h3-6H,2,7-13H2,1H3,(H2,18,19,23). The lowest BCUT2D eigenvalue weighted by atomic mass is 10.1. The van der Waals surface area contributed by atoms with Gasteiger partial charge in [0, 0.05) is 25.3 Å². The summed E-state index contributed by atoms with van der Waals surface area (Å²) in [6.45, 7) is 3.52. The zero-order valence-corrected chi connectivity index (χ0v) is 15.7. The molecule has 0 atom stereocenters. The van der Waals surface area contributed by atoms with Crippen molar-refractivity contribution in [2.45, 2.75) is 12.8 Å². The Balaban J connectivity index is 1.75. The number of thioether (sulfide) groups is 1. The van der Waals surface area contributed by atoms with E-state index in [9.17, 15) is 4.79 Å². The Morgan fingerprint density at radius 2 is 2.00 bits per heavy atom. The van der Waals surface area contributed by atoms with Gasteiger partial charge in [-0.25, -0.2) is 0 Å². The van der Waals surface area contributed by atoms with Crippen molar-refractivity contribution in [3.05, 3.63) is 29.8 Å². The van der Waals surface area contributed by atoms with E-state index in [1.54, 1.807) is 0 Å². The van der Waals surface area contributed by atoms with Crippen LogP contribution < -0.4 is 10.6 Å². The summed E-state index contributed by atoms with van der Waals surface area (Å²) in [4.78, 5) is 14.1. The summed E-state index contributed by atoms with van der Waals surface area (Å²) in [6, 6.07) is 7.85. The number of hydrogen-bond acceptors (Lipinski definition) is 4. The first-order valence-corrected chi connectivity index (χ1v) is 9.97. The number of benzene rings is 1. The Morgan fingerprint density at radius 1 is 1.29 bits per heavy atom. The molecule has 0 unspecified atom stereocenters. The van der Waals surface area contributed by atoms with E-state index in [2.05, 4.69) is 16.9 Å². The van der Waals surface area contributed by atoms with E-state index in [0.29, 0.717) is 37.8 Å².